The summed E-state index contributed by atoms with van der Waals surface area (Å²) in [6.45, 7) is 1.71. The van der Waals surface area contributed by atoms with Gasteiger partial charge in [-0.25, -0.2) is 5.43 Å². The average Bonchev–Trinajstić information content (AvgIpc) is 2.47. The Labute approximate surface area is 126 Å². The second-order valence-corrected chi connectivity index (χ2v) is 4.78. The maximum absolute atomic E-state index is 11.9. The molecule has 5 nitrogen and oxygen atoms in total. The maximum Gasteiger partial charge on any atom is 0.275 e. The number of halogens is 1. The van der Waals surface area contributed by atoms with Crippen LogP contribution >= 0.6 is 11.6 Å². The predicted octanol–water partition coefficient (Wildman–Crippen LogP) is 2.91. The number of hydrogen-bond donors (Lipinski definition) is 3. The van der Waals surface area contributed by atoms with Gasteiger partial charge in [-0.3, -0.25) is 4.79 Å². The zero-order valence-corrected chi connectivity index (χ0v) is 11.9. The van der Waals surface area contributed by atoms with E-state index < -0.39 is 5.91 Å². The van der Waals surface area contributed by atoms with E-state index in [1.165, 1.54) is 30.3 Å². The highest BCUT2D eigenvalue weighted by Gasteiger charge is 2.11. The van der Waals surface area contributed by atoms with Crippen molar-refractivity contribution < 1.29 is 15.0 Å². The van der Waals surface area contributed by atoms with Crippen LogP contribution in [0.25, 0.3) is 0 Å². The molecule has 0 unspecified atom stereocenters. The summed E-state index contributed by atoms with van der Waals surface area (Å²) in [5, 5.41) is 23.1. The highest BCUT2D eigenvalue weighted by molar-refractivity contribution is 6.31. The van der Waals surface area contributed by atoms with Gasteiger partial charge in [0.2, 0.25) is 0 Å². The van der Waals surface area contributed by atoms with Crippen LogP contribution in [-0.4, -0.2) is 21.8 Å². The van der Waals surface area contributed by atoms with Crippen LogP contribution in [0.3, 0.4) is 0 Å². The third-order valence-electron chi connectivity index (χ3n) is 2.81. The van der Waals surface area contributed by atoms with Crippen LogP contribution in [0.1, 0.15) is 22.8 Å². The number of amides is 1. The Morgan fingerprint density at radius 2 is 1.81 bits per heavy atom. The van der Waals surface area contributed by atoms with E-state index in [2.05, 4.69) is 10.5 Å². The fourth-order valence-electron chi connectivity index (χ4n) is 1.65. The van der Waals surface area contributed by atoms with E-state index in [-0.39, 0.29) is 17.1 Å². The number of carbonyl (C=O) groups is 1. The van der Waals surface area contributed by atoms with Gasteiger partial charge < -0.3 is 10.2 Å². The van der Waals surface area contributed by atoms with Gasteiger partial charge in [-0.2, -0.15) is 5.10 Å². The van der Waals surface area contributed by atoms with Crippen molar-refractivity contribution in [1.29, 1.82) is 0 Å². The Kier molecular flexibility index (Phi) is 4.45. The predicted molar refractivity (Wildman–Crippen MR) is 80.9 cm³/mol. The largest absolute Gasteiger partial charge is 0.508 e. The molecule has 0 aliphatic carbocycles. The molecule has 0 spiro atoms. The van der Waals surface area contributed by atoms with Crippen LogP contribution in [0, 0.1) is 0 Å². The number of hydrogen-bond acceptors (Lipinski definition) is 4. The minimum absolute atomic E-state index is 0.0461. The summed E-state index contributed by atoms with van der Waals surface area (Å²) in [6, 6.07) is 10.6. The van der Waals surface area contributed by atoms with Crippen LogP contribution in [0.4, 0.5) is 0 Å². The van der Waals surface area contributed by atoms with Crippen molar-refractivity contribution in [1.82, 2.24) is 5.43 Å². The number of hydrazone groups is 1. The van der Waals surface area contributed by atoms with Gasteiger partial charge in [-0.1, -0.05) is 11.6 Å². The molecule has 1 amide bonds. The van der Waals surface area contributed by atoms with E-state index in [0.29, 0.717) is 10.7 Å². The van der Waals surface area contributed by atoms with Gasteiger partial charge in [0.05, 0.1) is 11.3 Å². The molecular formula is C15H13ClN2O3. The number of benzene rings is 2. The van der Waals surface area contributed by atoms with Gasteiger partial charge in [-0.05, 0) is 55.0 Å². The third-order valence-corrected chi connectivity index (χ3v) is 3.05. The molecule has 0 heterocycles. The molecule has 0 saturated carbocycles. The molecule has 0 atom stereocenters. The number of phenols is 2. The average molecular weight is 305 g/mol. The standard InChI is InChI=1S/C15H13ClN2O3/c1-9(10-2-5-12(19)6-3-10)17-18-15(21)13-8-11(16)4-7-14(13)20/h2-8,19-20H,1H3,(H,18,21)/b17-9+. The zero-order valence-electron chi connectivity index (χ0n) is 11.2. The highest BCUT2D eigenvalue weighted by atomic mass is 35.5. The number of carbonyl (C=O) groups excluding carboxylic acids is 1. The van der Waals surface area contributed by atoms with E-state index >= 15 is 0 Å². The molecule has 0 aliphatic heterocycles. The van der Waals surface area contributed by atoms with Crippen molar-refractivity contribution in [2.45, 2.75) is 6.92 Å². The Hall–Kier alpha value is -2.53. The topological polar surface area (TPSA) is 81.9 Å². The molecule has 6 heteroatoms. The van der Waals surface area contributed by atoms with Crippen molar-refractivity contribution in [3.05, 3.63) is 58.6 Å². The molecule has 0 fully saturated rings. The quantitative estimate of drug-likeness (QED) is 0.602. The normalized spacial score (nSPS) is 11.2. The summed E-state index contributed by atoms with van der Waals surface area (Å²) in [5.41, 5.74) is 3.71. The number of phenolic OH excluding ortho intramolecular Hbond substituents is 2. The van der Waals surface area contributed by atoms with Crippen LogP contribution < -0.4 is 5.43 Å². The smallest absolute Gasteiger partial charge is 0.275 e. The second kappa shape index (κ2) is 6.28. The Bertz CT molecular complexity index is 697. The third kappa shape index (κ3) is 3.73. The molecule has 0 aromatic heterocycles. The van der Waals surface area contributed by atoms with Crippen molar-refractivity contribution in [2.24, 2.45) is 5.10 Å². The summed E-state index contributed by atoms with van der Waals surface area (Å²) in [5.74, 6) is -0.582. The number of nitrogens with zero attached hydrogens (tertiary/aromatic N) is 1. The highest BCUT2D eigenvalue weighted by Crippen LogP contribution is 2.21. The Morgan fingerprint density at radius 3 is 2.48 bits per heavy atom. The number of rotatable bonds is 3. The molecule has 2 rings (SSSR count). The zero-order chi connectivity index (χ0) is 15.4. The lowest BCUT2D eigenvalue weighted by atomic mass is 10.1. The van der Waals surface area contributed by atoms with Gasteiger partial charge >= 0.3 is 0 Å². The molecule has 0 aliphatic rings. The minimum Gasteiger partial charge on any atom is -0.508 e. The summed E-state index contributed by atoms with van der Waals surface area (Å²) < 4.78 is 0. The first-order valence-corrected chi connectivity index (χ1v) is 6.47. The molecule has 3 N–H and O–H groups in total. The fraction of sp³-hybridized carbons (Fsp3) is 0.0667. The van der Waals surface area contributed by atoms with E-state index in [0.717, 1.165) is 5.56 Å². The van der Waals surface area contributed by atoms with Crippen LogP contribution in [-0.2, 0) is 0 Å². The van der Waals surface area contributed by atoms with E-state index in [4.69, 9.17) is 11.6 Å². The van der Waals surface area contributed by atoms with Gasteiger partial charge in [0, 0.05) is 5.02 Å². The Morgan fingerprint density at radius 1 is 1.14 bits per heavy atom. The molecule has 108 valence electrons. The monoisotopic (exact) mass is 304 g/mol. The summed E-state index contributed by atoms with van der Waals surface area (Å²) in [4.78, 5) is 11.9. The molecule has 21 heavy (non-hydrogen) atoms. The first-order chi connectivity index (χ1) is 9.97. The van der Waals surface area contributed by atoms with Crippen LogP contribution in [0.5, 0.6) is 11.5 Å². The maximum atomic E-state index is 11.9. The fourth-order valence-corrected chi connectivity index (χ4v) is 1.82. The molecule has 0 bridgehead atoms. The summed E-state index contributed by atoms with van der Waals surface area (Å²) in [7, 11) is 0. The number of nitrogens with one attached hydrogen (secondary N) is 1. The molecule has 2 aromatic carbocycles. The minimum atomic E-state index is -0.562. The summed E-state index contributed by atoms with van der Waals surface area (Å²) >= 11 is 5.78. The first-order valence-electron chi connectivity index (χ1n) is 6.10. The van der Waals surface area contributed by atoms with Gasteiger partial charge in [-0.15, -0.1) is 0 Å². The van der Waals surface area contributed by atoms with Crippen molar-refractivity contribution in [3.63, 3.8) is 0 Å². The lowest BCUT2D eigenvalue weighted by Crippen LogP contribution is -2.19. The van der Waals surface area contributed by atoms with Gasteiger partial charge in [0.15, 0.2) is 0 Å². The second-order valence-electron chi connectivity index (χ2n) is 4.35. The van der Waals surface area contributed by atoms with E-state index in [1.54, 1.807) is 19.1 Å². The first kappa shape index (κ1) is 14.9. The summed E-state index contributed by atoms with van der Waals surface area (Å²) in [6.07, 6.45) is 0. The molecular weight excluding hydrogens is 292 g/mol. The van der Waals surface area contributed by atoms with Crippen molar-refractivity contribution in [3.8, 4) is 11.5 Å². The van der Waals surface area contributed by atoms with Gasteiger partial charge in [0.25, 0.3) is 5.91 Å². The van der Waals surface area contributed by atoms with E-state index in [1.807, 2.05) is 0 Å². The Balaban J connectivity index is 2.14. The molecule has 0 saturated heterocycles. The van der Waals surface area contributed by atoms with Crippen LogP contribution in [0.15, 0.2) is 47.6 Å². The molecule has 0 radical (unpaired) electrons. The number of aromatic hydroxyl groups is 2. The molecule has 2 aromatic rings. The lowest BCUT2D eigenvalue weighted by Gasteiger charge is -2.05. The van der Waals surface area contributed by atoms with Crippen molar-refractivity contribution >= 4 is 23.2 Å². The van der Waals surface area contributed by atoms with Gasteiger partial charge in [0.1, 0.15) is 11.5 Å². The SMILES string of the molecule is C/C(=N\NC(=O)c1cc(Cl)ccc1O)c1ccc(O)cc1. The van der Waals surface area contributed by atoms with E-state index in [9.17, 15) is 15.0 Å². The van der Waals surface area contributed by atoms with Crippen molar-refractivity contribution in [2.75, 3.05) is 0 Å². The van der Waals surface area contributed by atoms with Crippen LogP contribution in [0.2, 0.25) is 5.02 Å². The lowest BCUT2D eigenvalue weighted by molar-refractivity contribution is 0.0952.